The molecule has 7 heteroatoms. The monoisotopic (exact) mass is 379 g/mol. The minimum atomic E-state index is -0.903. The van der Waals surface area contributed by atoms with Gasteiger partial charge in [0.1, 0.15) is 0 Å². The van der Waals surface area contributed by atoms with Gasteiger partial charge in [-0.05, 0) is 42.9 Å². The summed E-state index contributed by atoms with van der Waals surface area (Å²) < 4.78 is 26.7. The van der Waals surface area contributed by atoms with Crippen molar-refractivity contribution in [3.05, 3.63) is 35.4 Å². The lowest BCUT2D eigenvalue weighted by Crippen LogP contribution is -2.56. The summed E-state index contributed by atoms with van der Waals surface area (Å²) >= 11 is 0. The van der Waals surface area contributed by atoms with Crippen LogP contribution in [0.25, 0.3) is 0 Å². The zero-order valence-electron chi connectivity index (χ0n) is 15.7. The van der Waals surface area contributed by atoms with Crippen LogP contribution in [0.3, 0.4) is 0 Å². The van der Waals surface area contributed by atoms with Crippen LogP contribution < -0.4 is 5.32 Å². The number of halogens is 2. The van der Waals surface area contributed by atoms with Crippen molar-refractivity contribution >= 4 is 11.8 Å². The fraction of sp³-hybridized carbons (Fsp3) is 0.600. The highest BCUT2D eigenvalue weighted by Crippen LogP contribution is 2.30. The maximum atomic E-state index is 13.5. The molecule has 27 heavy (non-hydrogen) atoms. The molecule has 0 spiro atoms. The highest BCUT2D eigenvalue weighted by atomic mass is 19.2. The second kappa shape index (κ2) is 8.78. The number of benzene rings is 1. The molecule has 1 aromatic rings. The van der Waals surface area contributed by atoms with E-state index in [2.05, 4.69) is 5.32 Å². The van der Waals surface area contributed by atoms with Crippen LogP contribution in [-0.4, -0.2) is 53.8 Å². The summed E-state index contributed by atoms with van der Waals surface area (Å²) in [5, 5.41) is 2.81. The van der Waals surface area contributed by atoms with E-state index in [9.17, 15) is 18.4 Å². The molecule has 0 aromatic heterocycles. The minimum absolute atomic E-state index is 0.0129. The second-order valence-electron chi connectivity index (χ2n) is 7.51. The molecule has 1 saturated carbocycles. The number of nitrogens with one attached hydrogen (secondary N) is 1. The van der Waals surface area contributed by atoms with Crippen LogP contribution in [0.1, 0.15) is 38.2 Å². The van der Waals surface area contributed by atoms with Crippen LogP contribution in [0.2, 0.25) is 0 Å². The smallest absolute Gasteiger partial charge is 0.237 e. The Labute approximate surface area is 158 Å². The summed E-state index contributed by atoms with van der Waals surface area (Å²) in [6, 6.07) is 3.17. The van der Waals surface area contributed by atoms with Gasteiger partial charge in [-0.25, -0.2) is 8.78 Å². The van der Waals surface area contributed by atoms with Gasteiger partial charge in [0, 0.05) is 32.7 Å². The Morgan fingerprint density at radius 2 is 2.07 bits per heavy atom. The van der Waals surface area contributed by atoms with Crippen molar-refractivity contribution in [1.82, 2.24) is 15.1 Å². The first-order chi connectivity index (χ1) is 13.0. The van der Waals surface area contributed by atoms with E-state index >= 15 is 0 Å². The van der Waals surface area contributed by atoms with Gasteiger partial charge in [-0.15, -0.1) is 0 Å². The lowest BCUT2D eigenvalue weighted by Gasteiger charge is -2.36. The third kappa shape index (κ3) is 5.25. The molecule has 1 heterocycles. The third-order valence-corrected chi connectivity index (χ3v) is 5.20. The van der Waals surface area contributed by atoms with Crippen LogP contribution in [0, 0.1) is 17.6 Å². The first kappa shape index (κ1) is 19.7. The number of carbonyl (C=O) groups is 2. The molecular weight excluding hydrogens is 352 g/mol. The molecular formula is C20H27F2N3O2. The topological polar surface area (TPSA) is 52.7 Å². The van der Waals surface area contributed by atoms with Crippen molar-refractivity contribution in [2.75, 3.05) is 26.2 Å². The van der Waals surface area contributed by atoms with Crippen molar-refractivity contribution < 1.29 is 18.4 Å². The van der Waals surface area contributed by atoms with Gasteiger partial charge in [0.05, 0.1) is 12.5 Å². The number of hydrogen-bond donors (Lipinski definition) is 1. The van der Waals surface area contributed by atoms with E-state index in [1.165, 1.54) is 18.9 Å². The largest absolute Gasteiger partial charge is 0.353 e. The van der Waals surface area contributed by atoms with Crippen LogP contribution in [0.5, 0.6) is 0 Å². The summed E-state index contributed by atoms with van der Waals surface area (Å²) in [6.07, 6.45) is 3.33. The molecule has 2 aliphatic rings. The Kier molecular flexibility index (Phi) is 6.42. The predicted octanol–water partition coefficient (Wildman–Crippen LogP) is 2.30. The molecule has 3 rings (SSSR count). The molecule has 1 unspecified atom stereocenters. The van der Waals surface area contributed by atoms with Gasteiger partial charge in [-0.2, -0.15) is 0 Å². The predicted molar refractivity (Wildman–Crippen MR) is 97.8 cm³/mol. The molecule has 5 nitrogen and oxygen atoms in total. The van der Waals surface area contributed by atoms with Gasteiger partial charge < -0.3 is 10.2 Å². The molecule has 1 atom stereocenters. The van der Waals surface area contributed by atoms with E-state index in [1.807, 2.05) is 16.7 Å². The van der Waals surface area contributed by atoms with Crippen LogP contribution >= 0.6 is 0 Å². The summed E-state index contributed by atoms with van der Waals surface area (Å²) in [7, 11) is 0. The summed E-state index contributed by atoms with van der Waals surface area (Å²) in [5.74, 6) is -1.39. The van der Waals surface area contributed by atoms with Crippen LogP contribution in [0.15, 0.2) is 18.2 Å². The van der Waals surface area contributed by atoms with Gasteiger partial charge >= 0.3 is 0 Å². The van der Waals surface area contributed by atoms with Crippen molar-refractivity contribution in [3.63, 3.8) is 0 Å². The maximum Gasteiger partial charge on any atom is 0.237 e. The Morgan fingerprint density at radius 1 is 1.30 bits per heavy atom. The average molecular weight is 379 g/mol. The average Bonchev–Trinajstić information content (AvgIpc) is 3.45. The van der Waals surface area contributed by atoms with Crippen molar-refractivity contribution in [1.29, 1.82) is 0 Å². The summed E-state index contributed by atoms with van der Waals surface area (Å²) in [5.41, 5.74) is 0.587. The number of nitrogens with zero attached hydrogens (tertiary/aromatic N) is 2. The Hall–Kier alpha value is -2.02. The lowest BCUT2D eigenvalue weighted by molar-refractivity contribution is -0.139. The number of carbonyl (C=O) groups excluding carboxylic acids is 2. The fourth-order valence-corrected chi connectivity index (χ4v) is 3.54. The number of hydrogen-bond acceptors (Lipinski definition) is 3. The molecule has 148 valence electrons. The first-order valence-electron chi connectivity index (χ1n) is 9.71. The molecule has 0 radical (unpaired) electrons. The molecule has 0 bridgehead atoms. The van der Waals surface area contributed by atoms with E-state index < -0.39 is 17.7 Å². The zero-order chi connectivity index (χ0) is 19.4. The van der Waals surface area contributed by atoms with Gasteiger partial charge in [0.15, 0.2) is 11.6 Å². The van der Waals surface area contributed by atoms with Crippen molar-refractivity contribution in [3.8, 4) is 0 Å². The van der Waals surface area contributed by atoms with E-state index in [1.54, 1.807) is 0 Å². The van der Waals surface area contributed by atoms with E-state index in [-0.39, 0.29) is 18.2 Å². The van der Waals surface area contributed by atoms with Crippen molar-refractivity contribution in [2.24, 2.45) is 5.92 Å². The molecule has 1 aliphatic carbocycles. The molecule has 2 fully saturated rings. The molecule has 1 N–H and O–H groups in total. The summed E-state index contributed by atoms with van der Waals surface area (Å²) in [6.45, 7) is 4.86. The Morgan fingerprint density at radius 3 is 2.74 bits per heavy atom. The number of amides is 2. The fourth-order valence-electron chi connectivity index (χ4n) is 3.54. The number of rotatable bonds is 8. The van der Waals surface area contributed by atoms with Gasteiger partial charge in [0.2, 0.25) is 11.8 Å². The SMILES string of the molecule is CCCN(CC1CC1)C(=O)CC1C(=O)NCCN1Cc1ccc(F)c(F)c1. The Balaban J connectivity index is 1.68. The molecule has 1 aromatic carbocycles. The van der Waals surface area contributed by atoms with E-state index in [0.29, 0.717) is 37.7 Å². The molecule has 1 saturated heterocycles. The van der Waals surface area contributed by atoms with Crippen LogP contribution in [0.4, 0.5) is 8.78 Å². The summed E-state index contributed by atoms with van der Waals surface area (Å²) in [4.78, 5) is 29.0. The zero-order valence-corrected chi connectivity index (χ0v) is 15.7. The quantitative estimate of drug-likeness (QED) is 0.754. The minimum Gasteiger partial charge on any atom is -0.353 e. The van der Waals surface area contributed by atoms with Gasteiger partial charge in [-0.3, -0.25) is 14.5 Å². The van der Waals surface area contributed by atoms with E-state index in [4.69, 9.17) is 0 Å². The maximum absolute atomic E-state index is 13.5. The normalized spacial score (nSPS) is 20.4. The highest BCUT2D eigenvalue weighted by Gasteiger charge is 2.34. The standard InChI is InChI=1S/C20H27F2N3O2/c1-2-8-25(12-14-3-4-14)19(26)11-18-20(27)23-7-9-24(18)13-15-5-6-16(21)17(22)10-15/h5-6,10,14,18H,2-4,7-9,11-13H2,1H3,(H,23,27). The first-order valence-corrected chi connectivity index (χ1v) is 9.71. The van der Waals surface area contributed by atoms with E-state index in [0.717, 1.165) is 25.1 Å². The Bertz CT molecular complexity index is 694. The van der Waals surface area contributed by atoms with Crippen LogP contribution in [-0.2, 0) is 16.1 Å². The number of piperazine rings is 1. The lowest BCUT2D eigenvalue weighted by atomic mass is 10.1. The van der Waals surface area contributed by atoms with Crippen molar-refractivity contribution in [2.45, 2.75) is 45.2 Å². The molecule has 1 aliphatic heterocycles. The van der Waals surface area contributed by atoms with Gasteiger partial charge in [-0.1, -0.05) is 13.0 Å². The highest BCUT2D eigenvalue weighted by molar-refractivity contribution is 5.88. The molecule has 2 amide bonds. The second-order valence-corrected chi connectivity index (χ2v) is 7.51. The van der Waals surface area contributed by atoms with Gasteiger partial charge in [0.25, 0.3) is 0 Å². The third-order valence-electron chi connectivity index (χ3n) is 5.20.